The van der Waals surface area contributed by atoms with Crippen molar-refractivity contribution < 1.29 is 4.74 Å². The van der Waals surface area contributed by atoms with Crippen LogP contribution in [-0.2, 0) is 6.42 Å². The molecule has 1 aliphatic rings. The van der Waals surface area contributed by atoms with E-state index in [1.165, 1.54) is 0 Å². The van der Waals surface area contributed by atoms with Crippen molar-refractivity contribution in [2.24, 2.45) is 0 Å². The fourth-order valence-electron chi connectivity index (χ4n) is 2.43. The Morgan fingerprint density at radius 3 is 3.00 bits per heavy atom. The van der Waals surface area contributed by atoms with Crippen molar-refractivity contribution in [1.82, 2.24) is 20.5 Å². The van der Waals surface area contributed by atoms with Crippen molar-refractivity contribution in [3.05, 3.63) is 36.2 Å². The smallest absolute Gasteiger partial charge is 0.244 e. The lowest BCUT2D eigenvalue weighted by molar-refractivity contribution is 0.319. The molecule has 2 aromatic rings. The molecule has 1 aromatic carbocycles. The predicted molar refractivity (Wildman–Crippen MR) is 81.7 cm³/mol. The highest BCUT2D eigenvalue weighted by atomic mass is 16.5. The normalized spacial score (nSPS) is 18.7. The maximum absolute atomic E-state index is 5.67. The SMILES string of the molecule is C[C@@H]1CN(c2n[nH]c(CCOc3ccccc3)n2)CCN1. The van der Waals surface area contributed by atoms with Gasteiger partial charge < -0.3 is 15.0 Å². The zero-order valence-corrected chi connectivity index (χ0v) is 12.2. The van der Waals surface area contributed by atoms with Crippen LogP contribution in [0.5, 0.6) is 5.75 Å². The number of anilines is 1. The van der Waals surface area contributed by atoms with Crippen LogP contribution < -0.4 is 15.0 Å². The van der Waals surface area contributed by atoms with E-state index in [-0.39, 0.29) is 0 Å². The molecule has 6 heteroatoms. The molecular formula is C15H21N5O. The minimum Gasteiger partial charge on any atom is -0.493 e. The first-order valence-corrected chi connectivity index (χ1v) is 7.39. The number of hydrogen-bond acceptors (Lipinski definition) is 5. The molecule has 0 radical (unpaired) electrons. The number of para-hydroxylation sites is 1. The van der Waals surface area contributed by atoms with Crippen molar-refractivity contribution >= 4 is 5.95 Å². The van der Waals surface area contributed by atoms with Gasteiger partial charge in [-0.3, -0.25) is 5.10 Å². The van der Waals surface area contributed by atoms with Crippen LogP contribution in [0.2, 0.25) is 0 Å². The minimum absolute atomic E-state index is 0.474. The fraction of sp³-hybridized carbons (Fsp3) is 0.467. The molecule has 2 heterocycles. The van der Waals surface area contributed by atoms with Gasteiger partial charge in [0.15, 0.2) is 0 Å². The van der Waals surface area contributed by atoms with E-state index in [0.29, 0.717) is 12.6 Å². The Labute approximate surface area is 124 Å². The maximum Gasteiger partial charge on any atom is 0.244 e. The molecule has 0 bridgehead atoms. The maximum atomic E-state index is 5.67. The Balaban J connectivity index is 1.51. The number of nitrogens with zero attached hydrogens (tertiary/aromatic N) is 3. The molecule has 3 rings (SSSR count). The van der Waals surface area contributed by atoms with E-state index in [9.17, 15) is 0 Å². The van der Waals surface area contributed by atoms with Crippen LogP contribution in [0.15, 0.2) is 30.3 Å². The van der Waals surface area contributed by atoms with Gasteiger partial charge in [-0.05, 0) is 19.1 Å². The lowest BCUT2D eigenvalue weighted by Crippen LogP contribution is -2.49. The fourth-order valence-corrected chi connectivity index (χ4v) is 2.43. The van der Waals surface area contributed by atoms with E-state index in [1.54, 1.807) is 0 Å². The average Bonchev–Trinajstić information content (AvgIpc) is 2.97. The minimum atomic E-state index is 0.474. The van der Waals surface area contributed by atoms with Crippen LogP contribution in [0, 0.1) is 0 Å². The Morgan fingerprint density at radius 1 is 1.33 bits per heavy atom. The molecule has 1 aromatic heterocycles. The Hall–Kier alpha value is -2.08. The highest BCUT2D eigenvalue weighted by molar-refractivity contribution is 5.30. The van der Waals surface area contributed by atoms with Crippen LogP contribution in [0.4, 0.5) is 5.95 Å². The summed E-state index contributed by atoms with van der Waals surface area (Å²) in [6.07, 6.45) is 0.726. The van der Waals surface area contributed by atoms with E-state index in [0.717, 1.165) is 43.6 Å². The Kier molecular flexibility index (Phi) is 4.35. The second-order valence-corrected chi connectivity index (χ2v) is 5.29. The second kappa shape index (κ2) is 6.58. The summed E-state index contributed by atoms with van der Waals surface area (Å²) in [6, 6.07) is 10.3. The molecule has 0 amide bonds. The van der Waals surface area contributed by atoms with Gasteiger partial charge in [-0.2, -0.15) is 4.98 Å². The predicted octanol–water partition coefficient (Wildman–Crippen LogP) is 1.22. The van der Waals surface area contributed by atoms with E-state index in [2.05, 4.69) is 32.3 Å². The topological polar surface area (TPSA) is 66.1 Å². The van der Waals surface area contributed by atoms with Gasteiger partial charge in [0.1, 0.15) is 11.6 Å². The zero-order valence-electron chi connectivity index (χ0n) is 12.2. The summed E-state index contributed by atoms with van der Waals surface area (Å²) in [7, 11) is 0. The molecule has 1 atom stereocenters. The molecule has 2 N–H and O–H groups in total. The van der Waals surface area contributed by atoms with E-state index in [4.69, 9.17) is 4.74 Å². The number of aromatic nitrogens is 3. The molecule has 0 aliphatic carbocycles. The van der Waals surface area contributed by atoms with Crippen LogP contribution in [0.1, 0.15) is 12.7 Å². The summed E-state index contributed by atoms with van der Waals surface area (Å²) in [6.45, 7) is 5.63. The number of piperazine rings is 1. The molecule has 6 nitrogen and oxygen atoms in total. The van der Waals surface area contributed by atoms with Crippen LogP contribution in [0.25, 0.3) is 0 Å². The summed E-state index contributed by atoms with van der Waals surface area (Å²) < 4.78 is 5.67. The molecular weight excluding hydrogens is 266 g/mol. The number of ether oxygens (including phenoxy) is 1. The number of rotatable bonds is 5. The van der Waals surface area contributed by atoms with Crippen molar-refractivity contribution in [3.8, 4) is 5.75 Å². The third-order valence-electron chi connectivity index (χ3n) is 3.52. The van der Waals surface area contributed by atoms with Crippen molar-refractivity contribution in [2.75, 3.05) is 31.1 Å². The summed E-state index contributed by atoms with van der Waals surface area (Å²) in [5.41, 5.74) is 0. The highest BCUT2D eigenvalue weighted by Crippen LogP contribution is 2.11. The molecule has 0 unspecified atom stereocenters. The van der Waals surface area contributed by atoms with Gasteiger partial charge in [-0.15, -0.1) is 5.10 Å². The standard InChI is InChI=1S/C15H21N5O/c1-12-11-20(9-8-16-12)15-17-14(18-19-15)7-10-21-13-5-3-2-4-6-13/h2-6,12,16H,7-11H2,1H3,(H,17,18,19)/t12-/m1/s1. The number of hydrogen-bond donors (Lipinski definition) is 2. The van der Waals surface area contributed by atoms with Gasteiger partial charge >= 0.3 is 0 Å². The molecule has 112 valence electrons. The molecule has 21 heavy (non-hydrogen) atoms. The first-order chi connectivity index (χ1) is 10.3. The quantitative estimate of drug-likeness (QED) is 0.865. The lowest BCUT2D eigenvalue weighted by atomic mass is 10.2. The number of H-pyrrole nitrogens is 1. The van der Waals surface area contributed by atoms with E-state index in [1.807, 2.05) is 30.3 Å². The lowest BCUT2D eigenvalue weighted by Gasteiger charge is -2.30. The van der Waals surface area contributed by atoms with Gasteiger partial charge in [-0.1, -0.05) is 18.2 Å². The first-order valence-electron chi connectivity index (χ1n) is 7.39. The summed E-state index contributed by atoms with van der Waals surface area (Å²) in [5, 5.41) is 10.7. The average molecular weight is 287 g/mol. The molecule has 1 saturated heterocycles. The number of benzene rings is 1. The van der Waals surface area contributed by atoms with Crippen LogP contribution >= 0.6 is 0 Å². The number of aromatic amines is 1. The monoisotopic (exact) mass is 287 g/mol. The summed E-state index contributed by atoms with van der Waals surface area (Å²) >= 11 is 0. The highest BCUT2D eigenvalue weighted by Gasteiger charge is 2.19. The van der Waals surface area contributed by atoms with Gasteiger partial charge in [0, 0.05) is 32.1 Å². The van der Waals surface area contributed by atoms with Crippen LogP contribution in [-0.4, -0.2) is 47.5 Å². The van der Waals surface area contributed by atoms with Crippen molar-refractivity contribution in [1.29, 1.82) is 0 Å². The second-order valence-electron chi connectivity index (χ2n) is 5.29. The van der Waals surface area contributed by atoms with Gasteiger partial charge in [-0.25, -0.2) is 0 Å². The van der Waals surface area contributed by atoms with Crippen molar-refractivity contribution in [2.45, 2.75) is 19.4 Å². The molecule has 1 aliphatic heterocycles. The zero-order chi connectivity index (χ0) is 14.5. The third kappa shape index (κ3) is 3.72. The molecule has 0 spiro atoms. The van der Waals surface area contributed by atoms with Gasteiger partial charge in [0.05, 0.1) is 6.61 Å². The largest absolute Gasteiger partial charge is 0.493 e. The molecule has 0 saturated carbocycles. The van der Waals surface area contributed by atoms with E-state index < -0.39 is 0 Å². The van der Waals surface area contributed by atoms with Crippen molar-refractivity contribution in [3.63, 3.8) is 0 Å². The Bertz CT molecular complexity index is 556. The number of nitrogens with one attached hydrogen (secondary N) is 2. The van der Waals surface area contributed by atoms with Gasteiger partial charge in [0.25, 0.3) is 0 Å². The third-order valence-corrected chi connectivity index (χ3v) is 3.52. The van der Waals surface area contributed by atoms with Gasteiger partial charge in [0.2, 0.25) is 5.95 Å². The van der Waals surface area contributed by atoms with Crippen LogP contribution in [0.3, 0.4) is 0 Å². The summed E-state index contributed by atoms with van der Waals surface area (Å²) in [4.78, 5) is 6.76. The first kappa shape index (κ1) is 13.9. The Morgan fingerprint density at radius 2 is 2.19 bits per heavy atom. The summed E-state index contributed by atoms with van der Waals surface area (Å²) in [5.74, 6) is 2.54. The van der Waals surface area contributed by atoms with E-state index >= 15 is 0 Å². The molecule has 1 fully saturated rings.